The quantitative estimate of drug-likeness (QED) is 0.911. The first-order valence-corrected chi connectivity index (χ1v) is 7.47. The zero-order valence-corrected chi connectivity index (χ0v) is 12.2. The molecule has 1 N–H and O–H groups in total. The molecule has 1 atom stereocenters. The van der Waals surface area contributed by atoms with Gasteiger partial charge in [0.15, 0.2) is 0 Å². The van der Waals surface area contributed by atoms with Crippen LogP contribution in [0.5, 0.6) is 0 Å². The van der Waals surface area contributed by atoms with Crippen molar-refractivity contribution in [3.63, 3.8) is 0 Å². The SMILES string of the molecule is CCCC1CN(Cc2c(F)cccc2Cl)CCCN1. The zero-order chi connectivity index (χ0) is 13.7. The lowest BCUT2D eigenvalue weighted by molar-refractivity contribution is 0.251. The van der Waals surface area contributed by atoms with E-state index in [1.54, 1.807) is 12.1 Å². The number of hydrogen-bond acceptors (Lipinski definition) is 2. The van der Waals surface area contributed by atoms with Crippen molar-refractivity contribution in [2.75, 3.05) is 19.6 Å². The molecule has 1 saturated heterocycles. The minimum atomic E-state index is -0.197. The van der Waals surface area contributed by atoms with Crippen molar-refractivity contribution in [1.82, 2.24) is 10.2 Å². The highest BCUT2D eigenvalue weighted by Gasteiger charge is 2.19. The van der Waals surface area contributed by atoms with Gasteiger partial charge < -0.3 is 5.32 Å². The summed E-state index contributed by atoms with van der Waals surface area (Å²) in [4.78, 5) is 2.31. The second kappa shape index (κ2) is 7.22. The van der Waals surface area contributed by atoms with Crippen LogP contribution in [0.25, 0.3) is 0 Å². The highest BCUT2D eigenvalue weighted by molar-refractivity contribution is 6.31. The maximum Gasteiger partial charge on any atom is 0.129 e. The first-order chi connectivity index (χ1) is 9.20. The van der Waals surface area contributed by atoms with Crippen molar-refractivity contribution in [2.24, 2.45) is 0 Å². The summed E-state index contributed by atoms with van der Waals surface area (Å²) in [6.45, 7) is 5.82. The fourth-order valence-electron chi connectivity index (χ4n) is 2.67. The van der Waals surface area contributed by atoms with E-state index in [9.17, 15) is 4.39 Å². The van der Waals surface area contributed by atoms with Crippen molar-refractivity contribution in [3.05, 3.63) is 34.6 Å². The van der Waals surface area contributed by atoms with Crippen LogP contribution in [0, 0.1) is 5.82 Å². The maximum atomic E-state index is 13.8. The number of halogens is 2. The Hall–Kier alpha value is -0.640. The van der Waals surface area contributed by atoms with E-state index in [1.807, 2.05) is 0 Å². The second-order valence-corrected chi connectivity index (χ2v) is 5.64. The van der Waals surface area contributed by atoms with Crippen molar-refractivity contribution in [3.8, 4) is 0 Å². The summed E-state index contributed by atoms with van der Waals surface area (Å²) in [6.07, 6.45) is 3.44. The van der Waals surface area contributed by atoms with Crippen molar-refractivity contribution < 1.29 is 4.39 Å². The second-order valence-electron chi connectivity index (χ2n) is 5.23. The predicted octanol–water partition coefficient (Wildman–Crippen LogP) is 3.44. The fourth-order valence-corrected chi connectivity index (χ4v) is 2.89. The van der Waals surface area contributed by atoms with Gasteiger partial charge in [-0.3, -0.25) is 4.90 Å². The number of benzene rings is 1. The molecule has 1 fully saturated rings. The van der Waals surface area contributed by atoms with E-state index in [0.717, 1.165) is 26.1 Å². The molecule has 0 spiro atoms. The molecule has 0 bridgehead atoms. The molecule has 2 rings (SSSR count). The van der Waals surface area contributed by atoms with Crippen molar-refractivity contribution in [2.45, 2.75) is 38.8 Å². The van der Waals surface area contributed by atoms with Gasteiger partial charge in [0, 0.05) is 29.7 Å². The average molecular weight is 285 g/mol. The number of nitrogens with zero attached hydrogens (tertiary/aromatic N) is 1. The van der Waals surface area contributed by atoms with Crippen molar-refractivity contribution in [1.29, 1.82) is 0 Å². The summed E-state index contributed by atoms with van der Waals surface area (Å²) >= 11 is 6.10. The molecular formula is C15H22ClFN2. The lowest BCUT2D eigenvalue weighted by Crippen LogP contribution is -2.37. The molecule has 0 aliphatic carbocycles. The van der Waals surface area contributed by atoms with Crippen LogP contribution < -0.4 is 5.32 Å². The maximum absolute atomic E-state index is 13.8. The van der Waals surface area contributed by atoms with Gasteiger partial charge in [-0.25, -0.2) is 4.39 Å². The minimum absolute atomic E-state index is 0.197. The van der Waals surface area contributed by atoms with Crippen LogP contribution in [0.2, 0.25) is 5.02 Å². The fraction of sp³-hybridized carbons (Fsp3) is 0.600. The highest BCUT2D eigenvalue weighted by Crippen LogP contribution is 2.21. The molecule has 0 saturated carbocycles. The van der Waals surface area contributed by atoms with E-state index in [2.05, 4.69) is 17.1 Å². The molecule has 0 radical (unpaired) electrons. The standard InChI is InChI=1S/C15H22ClFN2/c1-2-5-12-10-19(9-4-8-18-12)11-13-14(16)6-3-7-15(13)17/h3,6-7,12,18H,2,4-5,8-11H2,1H3. The Bertz CT molecular complexity index is 391. The third-order valence-corrected chi connectivity index (χ3v) is 4.00. The number of hydrogen-bond donors (Lipinski definition) is 1. The van der Waals surface area contributed by atoms with Gasteiger partial charge in [-0.15, -0.1) is 0 Å². The lowest BCUT2D eigenvalue weighted by atomic mass is 10.1. The molecule has 19 heavy (non-hydrogen) atoms. The third kappa shape index (κ3) is 4.16. The van der Waals surface area contributed by atoms with Crippen LogP contribution in [0.15, 0.2) is 18.2 Å². The largest absolute Gasteiger partial charge is 0.313 e. The van der Waals surface area contributed by atoms with Crippen LogP contribution in [0.1, 0.15) is 31.7 Å². The number of rotatable bonds is 4. The minimum Gasteiger partial charge on any atom is -0.313 e. The molecule has 106 valence electrons. The molecular weight excluding hydrogens is 263 g/mol. The first-order valence-electron chi connectivity index (χ1n) is 7.09. The Labute approximate surface area is 119 Å². The molecule has 0 amide bonds. The summed E-state index contributed by atoms with van der Waals surface area (Å²) in [5, 5.41) is 4.09. The van der Waals surface area contributed by atoms with Crippen LogP contribution in [-0.2, 0) is 6.54 Å². The summed E-state index contributed by atoms with van der Waals surface area (Å²) in [6, 6.07) is 5.42. The summed E-state index contributed by atoms with van der Waals surface area (Å²) in [7, 11) is 0. The van der Waals surface area contributed by atoms with E-state index in [1.165, 1.54) is 18.9 Å². The summed E-state index contributed by atoms with van der Waals surface area (Å²) in [5.74, 6) is -0.197. The van der Waals surface area contributed by atoms with E-state index < -0.39 is 0 Å². The smallest absolute Gasteiger partial charge is 0.129 e. The Balaban J connectivity index is 2.04. The average Bonchev–Trinajstić information content (AvgIpc) is 2.60. The molecule has 0 aromatic heterocycles. The van der Waals surface area contributed by atoms with Gasteiger partial charge in [-0.2, -0.15) is 0 Å². The molecule has 1 aromatic rings. The van der Waals surface area contributed by atoms with E-state index in [-0.39, 0.29) is 5.82 Å². The van der Waals surface area contributed by atoms with Gasteiger partial charge in [0.25, 0.3) is 0 Å². The van der Waals surface area contributed by atoms with Gasteiger partial charge >= 0.3 is 0 Å². The highest BCUT2D eigenvalue weighted by atomic mass is 35.5. The lowest BCUT2D eigenvalue weighted by Gasteiger charge is -2.24. The molecule has 4 heteroatoms. The van der Waals surface area contributed by atoms with E-state index >= 15 is 0 Å². The molecule has 1 heterocycles. The van der Waals surface area contributed by atoms with Crippen LogP contribution in [0.4, 0.5) is 4.39 Å². The van der Waals surface area contributed by atoms with Crippen molar-refractivity contribution >= 4 is 11.6 Å². The van der Waals surface area contributed by atoms with Crippen LogP contribution in [0.3, 0.4) is 0 Å². The van der Waals surface area contributed by atoms with E-state index in [0.29, 0.717) is 23.2 Å². The Morgan fingerprint density at radius 2 is 2.32 bits per heavy atom. The normalized spacial score (nSPS) is 21.3. The van der Waals surface area contributed by atoms with Gasteiger partial charge in [-0.05, 0) is 38.1 Å². The Morgan fingerprint density at radius 1 is 1.47 bits per heavy atom. The summed E-state index contributed by atoms with van der Waals surface area (Å²) < 4.78 is 13.8. The molecule has 1 aliphatic heterocycles. The Morgan fingerprint density at radius 3 is 3.05 bits per heavy atom. The first kappa shape index (κ1) is 14.8. The molecule has 1 unspecified atom stereocenters. The summed E-state index contributed by atoms with van der Waals surface area (Å²) in [5.41, 5.74) is 0.626. The zero-order valence-electron chi connectivity index (χ0n) is 11.5. The predicted molar refractivity (Wildman–Crippen MR) is 78.0 cm³/mol. The monoisotopic (exact) mass is 284 g/mol. The Kier molecular flexibility index (Phi) is 5.61. The van der Waals surface area contributed by atoms with Crippen LogP contribution >= 0.6 is 11.6 Å². The number of nitrogens with one attached hydrogen (secondary N) is 1. The van der Waals surface area contributed by atoms with Crippen LogP contribution in [-0.4, -0.2) is 30.6 Å². The van der Waals surface area contributed by atoms with Gasteiger partial charge in [-0.1, -0.05) is 31.0 Å². The molecule has 1 aromatic carbocycles. The topological polar surface area (TPSA) is 15.3 Å². The van der Waals surface area contributed by atoms with Gasteiger partial charge in [0.05, 0.1) is 0 Å². The van der Waals surface area contributed by atoms with E-state index in [4.69, 9.17) is 11.6 Å². The molecule has 1 aliphatic rings. The van der Waals surface area contributed by atoms with Gasteiger partial charge in [0.1, 0.15) is 5.82 Å². The molecule has 2 nitrogen and oxygen atoms in total. The van der Waals surface area contributed by atoms with Gasteiger partial charge in [0.2, 0.25) is 0 Å². The third-order valence-electron chi connectivity index (χ3n) is 3.64.